The molecule has 0 aromatic carbocycles. The molecule has 0 aliphatic heterocycles. The summed E-state index contributed by atoms with van der Waals surface area (Å²) in [4.78, 5) is 0. The second kappa shape index (κ2) is 3.87. The first-order valence-corrected chi connectivity index (χ1v) is 5.93. The molecular weight excluding hydrogens is 186 g/mol. The topological polar surface area (TPSA) is 43.8 Å². The molecule has 0 spiro atoms. The number of anilines is 1. The van der Waals surface area contributed by atoms with Crippen molar-refractivity contribution < 1.29 is 0 Å². The molecule has 1 aromatic rings. The van der Waals surface area contributed by atoms with E-state index in [0.717, 1.165) is 5.82 Å². The van der Waals surface area contributed by atoms with Gasteiger partial charge < -0.3 is 5.73 Å². The van der Waals surface area contributed by atoms with Crippen LogP contribution in [0.1, 0.15) is 62.6 Å². The highest BCUT2D eigenvalue weighted by Crippen LogP contribution is 2.39. The first-order valence-electron chi connectivity index (χ1n) is 5.93. The quantitative estimate of drug-likeness (QED) is 0.810. The number of nitrogen functional groups attached to an aromatic ring is 1. The predicted octanol–water partition coefficient (Wildman–Crippen LogP) is 2.78. The van der Waals surface area contributed by atoms with Crippen LogP contribution in [-0.2, 0) is 7.05 Å². The summed E-state index contributed by atoms with van der Waals surface area (Å²) in [5, 5.41) is 4.37. The zero-order valence-electron chi connectivity index (χ0n) is 9.95. The molecule has 15 heavy (non-hydrogen) atoms. The van der Waals surface area contributed by atoms with Crippen LogP contribution in [-0.4, -0.2) is 9.78 Å². The normalized spacial score (nSPS) is 17.9. The molecule has 3 heteroatoms. The Bertz CT molecular complexity index is 346. The minimum atomic E-state index is 0.481. The Morgan fingerprint density at radius 1 is 1.33 bits per heavy atom. The van der Waals surface area contributed by atoms with Crippen LogP contribution in [0.3, 0.4) is 0 Å². The van der Waals surface area contributed by atoms with Gasteiger partial charge in [-0.2, -0.15) is 5.10 Å². The first kappa shape index (κ1) is 10.5. The summed E-state index contributed by atoms with van der Waals surface area (Å²) in [6.45, 7) is 4.40. The summed E-state index contributed by atoms with van der Waals surface area (Å²) in [7, 11) is 2.02. The fourth-order valence-electron chi connectivity index (χ4n) is 2.85. The molecule has 3 nitrogen and oxygen atoms in total. The van der Waals surface area contributed by atoms with E-state index in [-0.39, 0.29) is 0 Å². The third kappa shape index (κ3) is 1.75. The van der Waals surface area contributed by atoms with Crippen molar-refractivity contribution in [3.05, 3.63) is 11.3 Å². The first-order chi connectivity index (χ1) is 7.11. The van der Waals surface area contributed by atoms with Gasteiger partial charge in [-0.25, -0.2) is 0 Å². The van der Waals surface area contributed by atoms with Gasteiger partial charge in [0, 0.05) is 24.2 Å². The Hall–Kier alpha value is -0.990. The van der Waals surface area contributed by atoms with Crippen LogP contribution in [0.4, 0.5) is 5.82 Å². The second-order valence-corrected chi connectivity index (χ2v) is 4.94. The number of rotatable bonds is 2. The van der Waals surface area contributed by atoms with Gasteiger partial charge in [0.1, 0.15) is 5.82 Å². The number of nitrogens with two attached hydrogens (primary N) is 1. The average Bonchev–Trinajstić information content (AvgIpc) is 2.71. The van der Waals surface area contributed by atoms with E-state index in [4.69, 9.17) is 5.73 Å². The molecule has 0 saturated heterocycles. The Kier molecular flexibility index (Phi) is 2.72. The highest BCUT2D eigenvalue weighted by Gasteiger charge is 2.26. The summed E-state index contributed by atoms with van der Waals surface area (Å²) in [5.74, 6) is 1.90. The number of hydrogen-bond acceptors (Lipinski definition) is 2. The van der Waals surface area contributed by atoms with E-state index < -0.39 is 0 Å². The number of aryl methyl sites for hydroxylation is 1. The molecule has 0 bridgehead atoms. The molecule has 2 N–H and O–H groups in total. The number of nitrogens with zero attached hydrogens (tertiary/aromatic N) is 2. The van der Waals surface area contributed by atoms with Crippen molar-refractivity contribution in [2.75, 3.05) is 5.73 Å². The van der Waals surface area contributed by atoms with Crippen molar-refractivity contribution in [1.29, 1.82) is 0 Å². The SMILES string of the molecule is CC(C)c1c(N)nn(C)c1C1CCCC1. The van der Waals surface area contributed by atoms with Crippen molar-refractivity contribution >= 4 is 5.82 Å². The van der Waals surface area contributed by atoms with E-state index in [2.05, 4.69) is 18.9 Å². The second-order valence-electron chi connectivity index (χ2n) is 4.94. The van der Waals surface area contributed by atoms with E-state index >= 15 is 0 Å². The van der Waals surface area contributed by atoms with Gasteiger partial charge >= 0.3 is 0 Å². The molecule has 1 aliphatic carbocycles. The highest BCUT2D eigenvalue weighted by molar-refractivity contribution is 5.46. The van der Waals surface area contributed by atoms with E-state index in [1.54, 1.807) is 0 Å². The Balaban J connectivity index is 2.43. The van der Waals surface area contributed by atoms with Crippen LogP contribution in [0.2, 0.25) is 0 Å². The fourth-order valence-corrected chi connectivity index (χ4v) is 2.85. The summed E-state index contributed by atoms with van der Waals surface area (Å²) < 4.78 is 2.00. The summed E-state index contributed by atoms with van der Waals surface area (Å²) in [6.07, 6.45) is 5.32. The van der Waals surface area contributed by atoms with Crippen LogP contribution >= 0.6 is 0 Å². The number of hydrogen-bond donors (Lipinski definition) is 1. The minimum Gasteiger partial charge on any atom is -0.382 e. The van der Waals surface area contributed by atoms with Crippen molar-refractivity contribution in [2.45, 2.75) is 51.4 Å². The molecule has 1 aromatic heterocycles. The van der Waals surface area contributed by atoms with Crippen molar-refractivity contribution in [2.24, 2.45) is 7.05 Å². The van der Waals surface area contributed by atoms with Gasteiger partial charge in [-0.3, -0.25) is 4.68 Å². The Labute approximate surface area is 91.7 Å². The van der Waals surface area contributed by atoms with Crippen LogP contribution < -0.4 is 5.73 Å². The molecule has 0 radical (unpaired) electrons. The van der Waals surface area contributed by atoms with Crippen LogP contribution in [0, 0.1) is 0 Å². The lowest BCUT2D eigenvalue weighted by atomic mass is 9.93. The van der Waals surface area contributed by atoms with Gasteiger partial charge in [-0.1, -0.05) is 26.7 Å². The molecule has 1 fully saturated rings. The molecule has 2 rings (SSSR count). The summed E-state index contributed by atoms with van der Waals surface area (Å²) >= 11 is 0. The zero-order chi connectivity index (χ0) is 11.0. The van der Waals surface area contributed by atoms with Crippen molar-refractivity contribution in [3.63, 3.8) is 0 Å². The maximum atomic E-state index is 5.98. The highest BCUT2D eigenvalue weighted by atomic mass is 15.3. The molecular formula is C12H21N3. The Morgan fingerprint density at radius 3 is 2.47 bits per heavy atom. The van der Waals surface area contributed by atoms with Gasteiger partial charge in [0.05, 0.1) is 0 Å². The van der Waals surface area contributed by atoms with Gasteiger partial charge in [0.2, 0.25) is 0 Å². The van der Waals surface area contributed by atoms with E-state index in [9.17, 15) is 0 Å². The standard InChI is InChI=1S/C12H21N3/c1-8(2)10-11(9-6-4-5-7-9)15(3)14-12(10)13/h8-9H,4-7H2,1-3H3,(H2,13,14). The number of aromatic nitrogens is 2. The van der Waals surface area contributed by atoms with Gasteiger partial charge in [-0.15, -0.1) is 0 Å². The Morgan fingerprint density at radius 2 is 1.93 bits per heavy atom. The maximum Gasteiger partial charge on any atom is 0.149 e. The predicted molar refractivity (Wildman–Crippen MR) is 62.9 cm³/mol. The van der Waals surface area contributed by atoms with Gasteiger partial charge in [0.15, 0.2) is 0 Å². The zero-order valence-corrected chi connectivity index (χ0v) is 9.95. The molecule has 1 saturated carbocycles. The van der Waals surface area contributed by atoms with Gasteiger partial charge in [0.25, 0.3) is 0 Å². The third-order valence-electron chi connectivity index (χ3n) is 3.48. The fraction of sp³-hybridized carbons (Fsp3) is 0.750. The smallest absolute Gasteiger partial charge is 0.149 e. The van der Waals surface area contributed by atoms with Crippen LogP contribution in [0.15, 0.2) is 0 Å². The van der Waals surface area contributed by atoms with Crippen LogP contribution in [0.25, 0.3) is 0 Å². The summed E-state index contributed by atoms with van der Waals surface area (Å²) in [5.41, 5.74) is 8.65. The largest absolute Gasteiger partial charge is 0.382 e. The maximum absolute atomic E-state index is 5.98. The monoisotopic (exact) mass is 207 g/mol. The third-order valence-corrected chi connectivity index (χ3v) is 3.48. The van der Waals surface area contributed by atoms with Crippen LogP contribution in [0.5, 0.6) is 0 Å². The lowest BCUT2D eigenvalue weighted by Crippen LogP contribution is -2.06. The molecule has 0 atom stereocenters. The van der Waals surface area contributed by atoms with E-state index in [1.807, 2.05) is 11.7 Å². The molecule has 0 amide bonds. The lowest BCUT2D eigenvalue weighted by molar-refractivity contribution is 0.607. The molecule has 1 heterocycles. The van der Waals surface area contributed by atoms with E-state index in [0.29, 0.717) is 11.8 Å². The van der Waals surface area contributed by atoms with Crippen molar-refractivity contribution in [3.8, 4) is 0 Å². The van der Waals surface area contributed by atoms with Crippen molar-refractivity contribution in [1.82, 2.24) is 9.78 Å². The van der Waals surface area contributed by atoms with E-state index in [1.165, 1.54) is 36.9 Å². The average molecular weight is 207 g/mol. The molecule has 84 valence electrons. The lowest BCUT2D eigenvalue weighted by Gasteiger charge is -2.14. The molecule has 0 unspecified atom stereocenters. The molecule has 1 aliphatic rings. The summed E-state index contributed by atoms with van der Waals surface area (Å²) in [6, 6.07) is 0. The van der Waals surface area contributed by atoms with Gasteiger partial charge in [-0.05, 0) is 18.8 Å². The minimum absolute atomic E-state index is 0.481.